The first-order valence-corrected chi connectivity index (χ1v) is 9.90. The second kappa shape index (κ2) is 7.18. The average molecular weight is 415 g/mol. The molecular weight excluding hydrogens is 392 g/mol. The van der Waals surface area contributed by atoms with E-state index in [-0.39, 0.29) is 17.0 Å². The molecule has 1 aromatic carbocycles. The number of amides is 1. The standard InChI is InChI=1S/C20H23ClN6O2/c1-20(2,3)27-16-15(12-22-27)17(28)24-19(23-16)26-10-8-25(9-11-26)18(29)13-4-6-14(21)7-5-13/h4-7,12H,8-11H2,1-3H3,(H,23,24,28). The van der Waals surface area contributed by atoms with Gasteiger partial charge in [-0.3, -0.25) is 14.6 Å². The average Bonchev–Trinajstić information content (AvgIpc) is 3.13. The number of hydrogen-bond acceptors (Lipinski definition) is 5. The van der Waals surface area contributed by atoms with Gasteiger partial charge in [0.25, 0.3) is 11.5 Å². The number of nitrogens with one attached hydrogen (secondary N) is 1. The highest BCUT2D eigenvalue weighted by molar-refractivity contribution is 6.30. The van der Waals surface area contributed by atoms with Crippen molar-refractivity contribution in [3.05, 3.63) is 51.4 Å². The monoisotopic (exact) mass is 414 g/mol. The number of hydrogen-bond donors (Lipinski definition) is 1. The Morgan fingerprint density at radius 1 is 1.10 bits per heavy atom. The van der Waals surface area contributed by atoms with Crippen LogP contribution in [0.25, 0.3) is 11.0 Å². The molecule has 1 N–H and O–H groups in total. The zero-order valence-corrected chi connectivity index (χ0v) is 17.4. The fourth-order valence-corrected chi connectivity index (χ4v) is 3.57. The van der Waals surface area contributed by atoms with Crippen molar-refractivity contribution in [1.82, 2.24) is 24.6 Å². The number of rotatable bonds is 2. The van der Waals surface area contributed by atoms with Gasteiger partial charge in [-0.25, -0.2) is 4.68 Å². The van der Waals surface area contributed by atoms with Crippen LogP contribution in [0.4, 0.5) is 5.95 Å². The van der Waals surface area contributed by atoms with Gasteiger partial charge in [0.2, 0.25) is 5.95 Å². The predicted octanol–water partition coefficient (Wildman–Crippen LogP) is 2.49. The van der Waals surface area contributed by atoms with Crippen molar-refractivity contribution in [3.63, 3.8) is 0 Å². The Hall–Kier alpha value is -2.87. The highest BCUT2D eigenvalue weighted by Gasteiger charge is 2.25. The van der Waals surface area contributed by atoms with Gasteiger partial charge in [-0.2, -0.15) is 10.1 Å². The number of aromatic nitrogens is 4. The van der Waals surface area contributed by atoms with E-state index >= 15 is 0 Å². The molecule has 0 bridgehead atoms. The van der Waals surface area contributed by atoms with Crippen molar-refractivity contribution in [1.29, 1.82) is 0 Å². The maximum absolute atomic E-state index is 12.7. The Labute approximate surface area is 173 Å². The highest BCUT2D eigenvalue weighted by Crippen LogP contribution is 2.20. The Kier molecular flexibility index (Phi) is 4.82. The molecule has 0 radical (unpaired) electrons. The van der Waals surface area contributed by atoms with E-state index in [1.54, 1.807) is 40.0 Å². The third kappa shape index (κ3) is 3.72. The first kappa shape index (κ1) is 19.4. The predicted molar refractivity (Wildman–Crippen MR) is 113 cm³/mol. The van der Waals surface area contributed by atoms with Gasteiger partial charge in [-0.05, 0) is 45.0 Å². The molecule has 4 rings (SSSR count). The molecule has 3 aromatic rings. The Balaban J connectivity index is 1.54. The highest BCUT2D eigenvalue weighted by atomic mass is 35.5. The minimum Gasteiger partial charge on any atom is -0.339 e. The van der Waals surface area contributed by atoms with Crippen LogP contribution in [0.1, 0.15) is 31.1 Å². The number of carbonyl (C=O) groups is 1. The summed E-state index contributed by atoms with van der Waals surface area (Å²) in [5.41, 5.74) is 0.685. The largest absolute Gasteiger partial charge is 0.339 e. The van der Waals surface area contributed by atoms with E-state index in [9.17, 15) is 9.59 Å². The number of piperazine rings is 1. The van der Waals surface area contributed by atoms with Crippen molar-refractivity contribution >= 4 is 34.5 Å². The van der Waals surface area contributed by atoms with Crippen LogP contribution in [-0.2, 0) is 5.54 Å². The molecule has 152 valence electrons. The lowest BCUT2D eigenvalue weighted by Crippen LogP contribution is -2.49. The minimum absolute atomic E-state index is 0.0240. The summed E-state index contributed by atoms with van der Waals surface area (Å²) in [6.45, 7) is 8.30. The Bertz CT molecular complexity index is 1100. The summed E-state index contributed by atoms with van der Waals surface area (Å²) in [4.78, 5) is 36.5. The molecule has 1 saturated heterocycles. The van der Waals surface area contributed by atoms with Crippen LogP contribution >= 0.6 is 11.6 Å². The molecule has 1 amide bonds. The summed E-state index contributed by atoms with van der Waals surface area (Å²) < 4.78 is 1.77. The van der Waals surface area contributed by atoms with Crippen LogP contribution < -0.4 is 10.5 Å². The Morgan fingerprint density at radius 2 is 1.76 bits per heavy atom. The van der Waals surface area contributed by atoms with E-state index in [4.69, 9.17) is 11.6 Å². The van der Waals surface area contributed by atoms with Crippen molar-refractivity contribution in [2.24, 2.45) is 0 Å². The molecule has 1 aliphatic heterocycles. The smallest absolute Gasteiger partial charge is 0.263 e. The number of fused-ring (bicyclic) bond motifs is 1. The number of H-pyrrole nitrogens is 1. The maximum atomic E-state index is 12.7. The SMILES string of the molecule is CC(C)(C)n1ncc2c(=O)[nH]c(N3CCN(C(=O)c4ccc(Cl)cc4)CC3)nc21. The second-order valence-corrected chi connectivity index (χ2v) is 8.58. The molecular formula is C20H23ClN6O2. The lowest BCUT2D eigenvalue weighted by Gasteiger charge is -2.35. The van der Waals surface area contributed by atoms with E-state index in [0.29, 0.717) is 53.7 Å². The quantitative estimate of drug-likeness (QED) is 0.696. The summed E-state index contributed by atoms with van der Waals surface area (Å²) >= 11 is 5.90. The molecule has 9 heteroatoms. The molecule has 1 aliphatic rings. The summed E-state index contributed by atoms with van der Waals surface area (Å²) in [6.07, 6.45) is 1.55. The number of aromatic amines is 1. The van der Waals surface area contributed by atoms with Crippen LogP contribution in [0.15, 0.2) is 35.3 Å². The van der Waals surface area contributed by atoms with Crippen molar-refractivity contribution in [3.8, 4) is 0 Å². The van der Waals surface area contributed by atoms with E-state index in [1.807, 2.05) is 25.7 Å². The molecule has 29 heavy (non-hydrogen) atoms. The van der Waals surface area contributed by atoms with Gasteiger partial charge >= 0.3 is 0 Å². The number of benzene rings is 1. The summed E-state index contributed by atoms with van der Waals surface area (Å²) in [5, 5.41) is 5.42. The number of anilines is 1. The first-order chi connectivity index (χ1) is 13.7. The summed E-state index contributed by atoms with van der Waals surface area (Å²) in [5.74, 6) is 0.483. The molecule has 0 atom stereocenters. The van der Waals surface area contributed by atoms with Crippen molar-refractivity contribution in [2.45, 2.75) is 26.3 Å². The summed E-state index contributed by atoms with van der Waals surface area (Å²) in [6, 6.07) is 6.90. The normalized spacial score (nSPS) is 15.2. The number of halogens is 1. The molecule has 8 nitrogen and oxygen atoms in total. The van der Waals surface area contributed by atoms with Crippen LogP contribution in [0.3, 0.4) is 0 Å². The maximum Gasteiger partial charge on any atom is 0.263 e. The topological polar surface area (TPSA) is 87.1 Å². The molecule has 0 unspecified atom stereocenters. The molecule has 3 heterocycles. The lowest BCUT2D eigenvalue weighted by atomic mass is 10.1. The van der Waals surface area contributed by atoms with E-state index in [0.717, 1.165) is 0 Å². The van der Waals surface area contributed by atoms with Crippen LogP contribution in [0.2, 0.25) is 5.02 Å². The fraction of sp³-hybridized carbons (Fsp3) is 0.400. The summed E-state index contributed by atoms with van der Waals surface area (Å²) in [7, 11) is 0. The first-order valence-electron chi connectivity index (χ1n) is 9.52. The molecule has 2 aromatic heterocycles. The van der Waals surface area contributed by atoms with E-state index in [2.05, 4.69) is 15.1 Å². The number of carbonyl (C=O) groups excluding carboxylic acids is 1. The van der Waals surface area contributed by atoms with Gasteiger partial charge in [0, 0.05) is 36.8 Å². The zero-order chi connectivity index (χ0) is 20.8. The third-order valence-electron chi connectivity index (χ3n) is 5.02. The van der Waals surface area contributed by atoms with E-state index in [1.165, 1.54) is 0 Å². The van der Waals surface area contributed by atoms with Crippen molar-refractivity contribution < 1.29 is 4.79 Å². The minimum atomic E-state index is -0.288. The number of nitrogens with zero attached hydrogens (tertiary/aromatic N) is 5. The fourth-order valence-electron chi connectivity index (χ4n) is 3.44. The second-order valence-electron chi connectivity index (χ2n) is 8.14. The molecule has 0 spiro atoms. The van der Waals surface area contributed by atoms with Gasteiger partial charge in [-0.15, -0.1) is 0 Å². The van der Waals surface area contributed by atoms with E-state index < -0.39 is 0 Å². The van der Waals surface area contributed by atoms with Gasteiger partial charge in [0.1, 0.15) is 5.39 Å². The van der Waals surface area contributed by atoms with Gasteiger partial charge in [0.15, 0.2) is 5.65 Å². The lowest BCUT2D eigenvalue weighted by molar-refractivity contribution is 0.0746. The van der Waals surface area contributed by atoms with Crippen LogP contribution in [-0.4, -0.2) is 56.7 Å². The molecule has 0 aliphatic carbocycles. The molecule has 1 fully saturated rings. The van der Waals surface area contributed by atoms with Gasteiger partial charge in [-0.1, -0.05) is 11.6 Å². The van der Waals surface area contributed by atoms with Crippen LogP contribution in [0.5, 0.6) is 0 Å². The van der Waals surface area contributed by atoms with Crippen LogP contribution in [0, 0.1) is 0 Å². The molecule has 0 saturated carbocycles. The Morgan fingerprint density at radius 3 is 2.38 bits per heavy atom. The van der Waals surface area contributed by atoms with Crippen molar-refractivity contribution in [2.75, 3.05) is 31.1 Å². The van der Waals surface area contributed by atoms with Gasteiger partial charge < -0.3 is 9.80 Å². The van der Waals surface area contributed by atoms with Gasteiger partial charge in [0.05, 0.1) is 11.7 Å². The zero-order valence-electron chi connectivity index (χ0n) is 16.6. The third-order valence-corrected chi connectivity index (χ3v) is 5.27.